The summed E-state index contributed by atoms with van der Waals surface area (Å²) in [7, 11) is 3.83. The Morgan fingerprint density at radius 3 is 2.68 bits per heavy atom. The summed E-state index contributed by atoms with van der Waals surface area (Å²) in [6.07, 6.45) is 8.34. The lowest BCUT2D eigenvalue weighted by Crippen LogP contribution is -2.47. The van der Waals surface area contributed by atoms with Gasteiger partial charge in [-0.3, -0.25) is 14.4 Å². The topological polar surface area (TPSA) is 54.5 Å². The minimum Gasteiger partial charge on any atom is -0.459 e. The fourth-order valence-corrected chi connectivity index (χ4v) is 4.75. The Labute approximate surface area is 188 Å². The number of rotatable bonds is 7. The van der Waals surface area contributed by atoms with Gasteiger partial charge in [0.25, 0.3) is 5.91 Å². The molecule has 1 atom stereocenters. The van der Waals surface area contributed by atoms with Crippen LogP contribution in [0.3, 0.4) is 0 Å². The third-order valence-electron chi connectivity index (χ3n) is 6.28. The summed E-state index contributed by atoms with van der Waals surface area (Å²) in [5.41, 5.74) is 2.31. The number of amides is 1. The number of hydrogen-bond donors (Lipinski definition) is 0. The standard InChI is InChI=1S/C24H29ClN4O2/c1-27-16-18(15-26-27)17-29-11-9-19(10-12-29)22(14-20-6-3-4-7-21(20)25)28(2)24(30)23-8-5-13-31-23/h3-8,13,15-16,19,22H,9-12,14,17H2,1-2H3/t22-/m0/s1. The molecule has 1 fully saturated rings. The fraction of sp³-hybridized carbons (Fsp3) is 0.417. The minimum absolute atomic E-state index is 0.0537. The number of carbonyl (C=O) groups is 1. The van der Waals surface area contributed by atoms with E-state index in [1.54, 1.807) is 18.4 Å². The van der Waals surface area contributed by atoms with Gasteiger partial charge in [0.2, 0.25) is 0 Å². The number of carbonyl (C=O) groups excluding carboxylic acids is 1. The van der Waals surface area contributed by atoms with Gasteiger partial charge in [0.15, 0.2) is 5.76 Å². The van der Waals surface area contributed by atoms with Crippen LogP contribution in [-0.4, -0.2) is 51.7 Å². The van der Waals surface area contributed by atoms with Crippen LogP contribution in [0, 0.1) is 5.92 Å². The maximum atomic E-state index is 13.1. The molecule has 0 bridgehead atoms. The smallest absolute Gasteiger partial charge is 0.289 e. The second-order valence-electron chi connectivity index (χ2n) is 8.39. The molecule has 2 aromatic heterocycles. The van der Waals surface area contributed by atoms with E-state index in [0.717, 1.165) is 49.5 Å². The highest BCUT2D eigenvalue weighted by Crippen LogP contribution is 2.29. The Hall–Kier alpha value is -2.57. The van der Waals surface area contributed by atoms with Crippen LogP contribution in [-0.2, 0) is 20.0 Å². The van der Waals surface area contributed by atoms with Gasteiger partial charge >= 0.3 is 0 Å². The molecule has 31 heavy (non-hydrogen) atoms. The highest BCUT2D eigenvalue weighted by Gasteiger charge is 2.33. The average molecular weight is 441 g/mol. The number of halogens is 1. The van der Waals surface area contributed by atoms with Crippen LogP contribution >= 0.6 is 11.6 Å². The normalized spacial score (nSPS) is 16.4. The third kappa shape index (κ3) is 5.20. The number of benzene rings is 1. The third-order valence-corrected chi connectivity index (χ3v) is 6.65. The Morgan fingerprint density at radius 2 is 2.03 bits per heavy atom. The van der Waals surface area contributed by atoms with Crippen molar-refractivity contribution in [1.82, 2.24) is 19.6 Å². The van der Waals surface area contributed by atoms with Gasteiger partial charge in [0.1, 0.15) is 0 Å². The molecule has 6 nitrogen and oxygen atoms in total. The van der Waals surface area contributed by atoms with E-state index >= 15 is 0 Å². The number of likely N-dealkylation sites (tertiary alicyclic amines) is 1. The van der Waals surface area contributed by atoms with Crippen molar-refractivity contribution in [2.24, 2.45) is 13.0 Å². The maximum absolute atomic E-state index is 13.1. The Balaban J connectivity index is 1.47. The zero-order valence-corrected chi connectivity index (χ0v) is 18.8. The lowest BCUT2D eigenvalue weighted by Gasteiger charge is -2.40. The van der Waals surface area contributed by atoms with Gasteiger partial charge in [0, 0.05) is 43.5 Å². The number of aromatic nitrogens is 2. The van der Waals surface area contributed by atoms with Crippen molar-refractivity contribution in [2.45, 2.75) is 31.8 Å². The van der Waals surface area contributed by atoms with Crippen LogP contribution in [0.4, 0.5) is 0 Å². The van der Waals surface area contributed by atoms with Crippen molar-refractivity contribution in [3.63, 3.8) is 0 Å². The van der Waals surface area contributed by atoms with Crippen molar-refractivity contribution < 1.29 is 9.21 Å². The Morgan fingerprint density at radius 1 is 1.26 bits per heavy atom. The summed E-state index contributed by atoms with van der Waals surface area (Å²) >= 11 is 6.47. The first kappa shape index (κ1) is 21.7. The van der Waals surface area contributed by atoms with Crippen molar-refractivity contribution >= 4 is 17.5 Å². The molecule has 0 N–H and O–H groups in total. The molecule has 1 amide bonds. The van der Waals surface area contributed by atoms with Gasteiger partial charge < -0.3 is 9.32 Å². The Bertz CT molecular complexity index is 993. The molecular weight excluding hydrogens is 412 g/mol. The minimum atomic E-state index is -0.0835. The predicted molar refractivity (Wildman–Crippen MR) is 121 cm³/mol. The monoisotopic (exact) mass is 440 g/mol. The molecule has 1 aliphatic rings. The summed E-state index contributed by atoms with van der Waals surface area (Å²) < 4.78 is 7.22. The maximum Gasteiger partial charge on any atom is 0.289 e. The lowest BCUT2D eigenvalue weighted by molar-refractivity contribution is 0.0556. The second kappa shape index (κ2) is 9.71. The summed E-state index contributed by atoms with van der Waals surface area (Å²) in [5.74, 6) is 0.686. The number of aryl methyl sites for hydroxylation is 1. The molecule has 7 heteroatoms. The van der Waals surface area contributed by atoms with Gasteiger partial charge in [-0.05, 0) is 62.0 Å². The molecule has 1 aromatic carbocycles. The van der Waals surface area contributed by atoms with Crippen molar-refractivity contribution in [2.75, 3.05) is 20.1 Å². The van der Waals surface area contributed by atoms with E-state index in [4.69, 9.17) is 16.0 Å². The van der Waals surface area contributed by atoms with Gasteiger partial charge in [-0.15, -0.1) is 0 Å². The molecule has 0 radical (unpaired) electrons. The second-order valence-corrected chi connectivity index (χ2v) is 8.80. The van der Waals surface area contributed by atoms with Crippen molar-refractivity contribution in [3.05, 3.63) is 77.0 Å². The molecule has 1 aliphatic heterocycles. The highest BCUT2D eigenvalue weighted by molar-refractivity contribution is 6.31. The zero-order chi connectivity index (χ0) is 21.8. The van der Waals surface area contributed by atoms with Gasteiger partial charge in [-0.25, -0.2) is 0 Å². The summed E-state index contributed by atoms with van der Waals surface area (Å²) in [5, 5.41) is 5.02. The van der Waals surface area contributed by atoms with E-state index in [9.17, 15) is 4.79 Å². The SMILES string of the molecule is CN(C(=O)c1ccco1)[C@@H](Cc1ccccc1Cl)C1CCN(Cc2cnn(C)c2)CC1. The molecule has 164 valence electrons. The fourth-order valence-electron chi connectivity index (χ4n) is 4.54. The zero-order valence-electron chi connectivity index (χ0n) is 18.1. The first-order valence-electron chi connectivity index (χ1n) is 10.7. The van der Waals surface area contributed by atoms with E-state index in [-0.39, 0.29) is 11.9 Å². The molecule has 0 spiro atoms. The number of piperidine rings is 1. The van der Waals surface area contributed by atoms with Crippen LogP contribution in [0.15, 0.2) is 59.5 Å². The number of likely N-dealkylation sites (N-methyl/N-ethyl adjacent to an activating group) is 1. The first-order valence-corrected chi connectivity index (χ1v) is 11.1. The molecule has 3 aromatic rings. The quantitative estimate of drug-likeness (QED) is 0.550. The van der Waals surface area contributed by atoms with Crippen LogP contribution in [0.1, 0.15) is 34.5 Å². The summed E-state index contributed by atoms with van der Waals surface area (Å²) in [6.45, 7) is 2.92. The van der Waals surface area contributed by atoms with Crippen molar-refractivity contribution in [1.29, 1.82) is 0 Å². The van der Waals surface area contributed by atoms with Gasteiger partial charge in [-0.1, -0.05) is 29.8 Å². The van der Waals surface area contributed by atoms with Gasteiger partial charge in [-0.2, -0.15) is 5.10 Å². The number of furan rings is 1. The molecule has 4 rings (SSSR count). The molecule has 0 unspecified atom stereocenters. The predicted octanol–water partition coefficient (Wildman–Crippen LogP) is 4.26. The first-order chi connectivity index (χ1) is 15.0. The van der Waals surface area contributed by atoms with Crippen molar-refractivity contribution in [3.8, 4) is 0 Å². The van der Waals surface area contributed by atoms with Crippen LogP contribution < -0.4 is 0 Å². The van der Waals surface area contributed by atoms with Crippen LogP contribution in [0.2, 0.25) is 5.02 Å². The summed E-state index contributed by atoms with van der Waals surface area (Å²) in [6, 6.07) is 11.4. The Kier molecular flexibility index (Phi) is 6.78. The van der Waals surface area contributed by atoms with E-state index in [1.165, 1.54) is 5.56 Å². The molecule has 0 aliphatic carbocycles. The largest absolute Gasteiger partial charge is 0.459 e. The molecule has 3 heterocycles. The van der Waals surface area contributed by atoms with E-state index < -0.39 is 0 Å². The lowest BCUT2D eigenvalue weighted by atomic mass is 9.84. The van der Waals surface area contributed by atoms with E-state index in [0.29, 0.717) is 11.7 Å². The van der Waals surface area contributed by atoms with Crippen LogP contribution in [0.25, 0.3) is 0 Å². The molecular formula is C24H29ClN4O2. The van der Waals surface area contributed by atoms with E-state index in [1.807, 2.05) is 48.1 Å². The van der Waals surface area contributed by atoms with Crippen LogP contribution in [0.5, 0.6) is 0 Å². The average Bonchev–Trinajstić information content (AvgIpc) is 3.45. The highest BCUT2D eigenvalue weighted by atomic mass is 35.5. The molecule has 1 saturated heterocycles. The van der Waals surface area contributed by atoms with E-state index in [2.05, 4.69) is 22.3 Å². The summed E-state index contributed by atoms with van der Waals surface area (Å²) in [4.78, 5) is 17.4. The number of hydrogen-bond acceptors (Lipinski definition) is 4. The molecule has 0 saturated carbocycles. The van der Waals surface area contributed by atoms with Gasteiger partial charge in [0.05, 0.1) is 12.5 Å². The number of nitrogens with zero attached hydrogens (tertiary/aromatic N) is 4.